The second-order valence-corrected chi connectivity index (χ2v) is 28.2. The Morgan fingerprint density at radius 2 is 0.473 bits per heavy atom. The molecule has 522 valence electrons. The summed E-state index contributed by atoms with van der Waals surface area (Å²) in [7, 11) is 0. The van der Waals surface area contributed by atoms with Crippen molar-refractivity contribution in [1.82, 2.24) is 58.1 Å². The molecule has 0 aliphatic carbocycles. The first-order valence-electron chi connectivity index (χ1n) is 37.6. The first-order valence-corrected chi connectivity index (χ1v) is 37.6. The smallest absolute Gasteiger partial charge is 0.164 e. The van der Waals surface area contributed by atoms with Gasteiger partial charge in [0.05, 0.1) is 55.5 Å². The Balaban J connectivity index is 0.599. The van der Waals surface area contributed by atoms with Gasteiger partial charge >= 0.3 is 0 Å². The van der Waals surface area contributed by atoms with Crippen LogP contribution >= 0.6 is 0 Å². The molecular weight excluding hydrogens is 1370 g/mol. The first kappa shape index (κ1) is 63.8. The molecule has 22 aromatic rings. The van der Waals surface area contributed by atoms with Gasteiger partial charge in [-0.2, -0.15) is 0 Å². The van der Waals surface area contributed by atoms with Crippen LogP contribution < -0.4 is 0 Å². The summed E-state index contributed by atoms with van der Waals surface area (Å²) in [5, 5.41) is 9.30. The third kappa shape index (κ3) is 10.7. The Hall–Kier alpha value is -15.4. The second-order valence-electron chi connectivity index (χ2n) is 28.2. The van der Waals surface area contributed by atoms with Crippen LogP contribution in [0, 0.1) is 0 Å². The SMILES string of the molecule is c1ccc(-c2cccc(-n3c4ccccc4c4c3ccc3c5ccccc5n(-c5ccc(-c6nc(-c7ccccc7)nc(-c7cccc(-c8cccc(-c9cccc(-n%10c%11ccccc%11c%11c%12c%13ccccc%13n(-c%13ccc(-c%14nc(-c%15ccccc%15)nc(-c%15ccccc%15)n%14)cc%13)c%12ccc%11%10)n9)c8)c7)n6)cc5)c34)n2)cc1. The van der Waals surface area contributed by atoms with E-state index in [1.807, 2.05) is 84.9 Å². The van der Waals surface area contributed by atoms with Crippen molar-refractivity contribution in [2.75, 3.05) is 0 Å². The van der Waals surface area contributed by atoms with Gasteiger partial charge in [0, 0.05) is 99.0 Å². The van der Waals surface area contributed by atoms with Crippen molar-refractivity contribution in [2.24, 2.45) is 0 Å². The lowest BCUT2D eigenvalue weighted by molar-refractivity contribution is 1.07. The Kier molecular flexibility index (Phi) is 15.0. The van der Waals surface area contributed by atoms with E-state index in [9.17, 15) is 0 Å². The van der Waals surface area contributed by atoms with E-state index in [-0.39, 0.29) is 0 Å². The maximum absolute atomic E-state index is 5.54. The first-order chi connectivity index (χ1) is 55.5. The van der Waals surface area contributed by atoms with E-state index in [0.29, 0.717) is 34.9 Å². The van der Waals surface area contributed by atoms with Gasteiger partial charge < -0.3 is 9.13 Å². The quantitative estimate of drug-likeness (QED) is 0.112. The van der Waals surface area contributed by atoms with Crippen LogP contribution in [0.1, 0.15) is 0 Å². The average molecular weight is 1430 g/mol. The van der Waals surface area contributed by atoms with Crippen LogP contribution in [0.15, 0.2) is 376 Å². The Morgan fingerprint density at radius 1 is 0.161 bits per heavy atom. The molecule has 12 nitrogen and oxygen atoms in total. The monoisotopic (exact) mass is 1430 g/mol. The Labute approximate surface area is 642 Å². The lowest BCUT2D eigenvalue weighted by Gasteiger charge is -2.12. The van der Waals surface area contributed by atoms with E-state index in [2.05, 4.69) is 309 Å². The van der Waals surface area contributed by atoms with Gasteiger partial charge in [-0.25, -0.2) is 39.9 Å². The minimum absolute atomic E-state index is 0.570. The predicted octanol–water partition coefficient (Wildman–Crippen LogP) is 24.2. The number of fused-ring (bicyclic) bond motifs is 14. The highest BCUT2D eigenvalue weighted by Crippen LogP contribution is 2.46. The van der Waals surface area contributed by atoms with Gasteiger partial charge in [0.15, 0.2) is 34.9 Å². The number of nitrogens with zero attached hydrogens (tertiary/aromatic N) is 12. The number of rotatable bonds is 13. The summed E-state index contributed by atoms with van der Waals surface area (Å²) >= 11 is 0. The number of hydrogen-bond acceptors (Lipinski definition) is 8. The molecule has 0 unspecified atom stereocenters. The van der Waals surface area contributed by atoms with Crippen LogP contribution in [0.3, 0.4) is 0 Å². The van der Waals surface area contributed by atoms with Gasteiger partial charge in [-0.15, -0.1) is 0 Å². The fourth-order valence-electron chi connectivity index (χ4n) is 16.6. The molecule has 0 amide bonds. The van der Waals surface area contributed by atoms with Gasteiger partial charge in [-0.05, 0) is 139 Å². The van der Waals surface area contributed by atoms with Gasteiger partial charge in [0.25, 0.3) is 0 Å². The molecular formula is C100H62N12. The molecule has 8 aromatic heterocycles. The van der Waals surface area contributed by atoms with Crippen LogP contribution in [0.2, 0.25) is 0 Å². The van der Waals surface area contributed by atoms with E-state index >= 15 is 0 Å². The van der Waals surface area contributed by atoms with E-state index in [1.54, 1.807) is 0 Å². The summed E-state index contributed by atoms with van der Waals surface area (Å²) in [6.45, 7) is 0. The van der Waals surface area contributed by atoms with Gasteiger partial charge in [-0.1, -0.05) is 249 Å². The van der Waals surface area contributed by atoms with Crippen molar-refractivity contribution in [2.45, 2.75) is 0 Å². The Morgan fingerprint density at radius 3 is 0.955 bits per heavy atom. The molecule has 0 saturated heterocycles. The molecule has 0 atom stereocenters. The molecule has 0 saturated carbocycles. The zero-order valence-corrected chi connectivity index (χ0v) is 60.2. The summed E-state index contributed by atoms with van der Waals surface area (Å²) in [5.41, 5.74) is 22.0. The lowest BCUT2D eigenvalue weighted by atomic mass is 9.99. The summed E-state index contributed by atoms with van der Waals surface area (Å²) in [6.07, 6.45) is 0. The van der Waals surface area contributed by atoms with Crippen LogP contribution in [0.25, 0.3) is 212 Å². The van der Waals surface area contributed by atoms with E-state index in [0.717, 1.165) is 156 Å². The van der Waals surface area contributed by atoms with Crippen molar-refractivity contribution >= 4 is 87.2 Å². The second kappa shape index (κ2) is 26.2. The fourth-order valence-corrected chi connectivity index (χ4v) is 16.6. The molecule has 112 heavy (non-hydrogen) atoms. The van der Waals surface area contributed by atoms with Gasteiger partial charge in [0.1, 0.15) is 11.6 Å². The Bertz CT molecular complexity index is 7420. The number of aromatic nitrogens is 12. The highest BCUT2D eigenvalue weighted by atomic mass is 15.1. The molecule has 0 aliphatic heterocycles. The summed E-state index contributed by atoms with van der Waals surface area (Å²) in [6, 6.07) is 132. The third-order valence-corrected chi connectivity index (χ3v) is 21.7. The van der Waals surface area contributed by atoms with Crippen molar-refractivity contribution in [3.8, 4) is 125 Å². The van der Waals surface area contributed by atoms with Crippen molar-refractivity contribution in [1.29, 1.82) is 0 Å². The van der Waals surface area contributed by atoms with Crippen molar-refractivity contribution < 1.29 is 0 Å². The molecule has 0 aliphatic rings. The number of hydrogen-bond donors (Lipinski definition) is 0. The highest BCUT2D eigenvalue weighted by Gasteiger charge is 2.25. The molecule has 0 spiro atoms. The molecule has 0 N–H and O–H groups in total. The standard InChI is InChI=1S/C100H62N12/c1-5-25-63(26-6-1)80-41-23-47-89(101-80)112-85-46-20-16-40-79(85)93-88(112)58-57-76-75-37-13-17-43-82(75)110(94(76)93)74-55-51-68(52-56-74)99-106-97(66-31-11-4-12-32-66)107-100(108-99)72-36-22-34-70(62-72)69-33-21-35-71(61-69)81-42-24-48-90(102-81)111-84-45-19-15-39-78(84)92-87(111)60-59-86-91(92)77-38-14-18-44-83(77)109(86)73-53-49-67(50-54-73)98-104-95(64-27-7-2-8-28-64)103-96(105-98)65-29-9-3-10-30-65/h1-62H. The number of para-hydroxylation sites is 4. The molecule has 14 aromatic carbocycles. The lowest BCUT2D eigenvalue weighted by Crippen LogP contribution is -2.01. The van der Waals surface area contributed by atoms with Crippen LogP contribution in [-0.2, 0) is 0 Å². The van der Waals surface area contributed by atoms with E-state index in [1.165, 1.54) is 21.5 Å². The van der Waals surface area contributed by atoms with Crippen LogP contribution in [0.4, 0.5) is 0 Å². The van der Waals surface area contributed by atoms with Crippen LogP contribution in [0.5, 0.6) is 0 Å². The number of benzene rings is 14. The van der Waals surface area contributed by atoms with Crippen molar-refractivity contribution in [3.63, 3.8) is 0 Å². The topological polar surface area (TPSA) is 123 Å². The predicted molar refractivity (Wildman–Crippen MR) is 455 cm³/mol. The number of pyridine rings is 2. The summed E-state index contributed by atoms with van der Waals surface area (Å²) < 4.78 is 9.42. The minimum Gasteiger partial charge on any atom is -0.309 e. The normalized spacial score (nSPS) is 11.8. The molecule has 0 fully saturated rings. The fraction of sp³-hybridized carbons (Fsp3) is 0. The molecule has 0 radical (unpaired) electrons. The maximum Gasteiger partial charge on any atom is 0.164 e. The van der Waals surface area contributed by atoms with Crippen molar-refractivity contribution in [3.05, 3.63) is 376 Å². The zero-order chi connectivity index (χ0) is 73.7. The van der Waals surface area contributed by atoms with E-state index < -0.39 is 0 Å². The van der Waals surface area contributed by atoms with Gasteiger partial charge in [-0.3, -0.25) is 9.13 Å². The molecule has 0 bridgehead atoms. The minimum atomic E-state index is 0.570. The van der Waals surface area contributed by atoms with Crippen LogP contribution in [-0.4, -0.2) is 58.1 Å². The maximum atomic E-state index is 5.54. The summed E-state index contributed by atoms with van der Waals surface area (Å²) in [4.78, 5) is 41.6. The molecule has 8 heterocycles. The zero-order valence-electron chi connectivity index (χ0n) is 60.2. The average Bonchev–Trinajstić information content (AvgIpc) is 1.55. The van der Waals surface area contributed by atoms with Gasteiger partial charge in [0.2, 0.25) is 0 Å². The molecule has 12 heteroatoms. The highest BCUT2D eigenvalue weighted by molar-refractivity contribution is 6.29. The third-order valence-electron chi connectivity index (χ3n) is 21.7. The largest absolute Gasteiger partial charge is 0.309 e. The summed E-state index contributed by atoms with van der Waals surface area (Å²) in [5.74, 6) is 5.27. The molecule has 22 rings (SSSR count). The van der Waals surface area contributed by atoms with E-state index in [4.69, 9.17) is 39.9 Å².